The van der Waals surface area contributed by atoms with Crippen molar-refractivity contribution in [2.24, 2.45) is 0 Å². The molecule has 0 bridgehead atoms. The number of benzene rings is 3. The van der Waals surface area contributed by atoms with E-state index in [2.05, 4.69) is 10.6 Å². The molecule has 0 saturated carbocycles. The quantitative estimate of drug-likeness (QED) is 0.636. The molecule has 0 aromatic heterocycles. The highest BCUT2D eigenvalue weighted by Gasteiger charge is 2.36. The number of para-hydroxylation sites is 3. The molecule has 4 rings (SSSR count). The van der Waals surface area contributed by atoms with Crippen LogP contribution in [0.3, 0.4) is 0 Å². The molecule has 5 nitrogen and oxygen atoms in total. The number of amides is 1. The lowest BCUT2D eigenvalue weighted by Gasteiger charge is -2.38. The van der Waals surface area contributed by atoms with Crippen LogP contribution in [0, 0.1) is 0 Å². The van der Waals surface area contributed by atoms with Crippen LogP contribution in [0.4, 0.5) is 5.69 Å². The number of hydrogen-bond donors (Lipinski definition) is 2. The highest BCUT2D eigenvalue weighted by molar-refractivity contribution is 6.02. The average molecular weight is 374 g/mol. The fourth-order valence-electron chi connectivity index (χ4n) is 3.35. The molecule has 3 aromatic carbocycles. The Morgan fingerprint density at radius 3 is 2.32 bits per heavy atom. The topological polar surface area (TPSA) is 59.6 Å². The summed E-state index contributed by atoms with van der Waals surface area (Å²) in [6.45, 7) is 2.76. The minimum atomic E-state index is -0.775. The Bertz CT molecular complexity index is 974. The zero-order chi connectivity index (χ0) is 19.4. The van der Waals surface area contributed by atoms with E-state index in [0.29, 0.717) is 24.5 Å². The van der Waals surface area contributed by atoms with Crippen molar-refractivity contribution >= 4 is 11.6 Å². The second-order valence-electron chi connectivity index (χ2n) is 6.76. The Balaban J connectivity index is 1.49. The summed E-state index contributed by atoms with van der Waals surface area (Å²) in [6.07, 6.45) is 0. The monoisotopic (exact) mass is 374 g/mol. The van der Waals surface area contributed by atoms with Gasteiger partial charge < -0.3 is 20.1 Å². The van der Waals surface area contributed by atoms with Crippen molar-refractivity contribution in [1.29, 1.82) is 0 Å². The van der Waals surface area contributed by atoms with E-state index in [9.17, 15) is 4.79 Å². The van der Waals surface area contributed by atoms with Gasteiger partial charge in [-0.2, -0.15) is 0 Å². The minimum Gasteiger partial charge on any atom is -0.490 e. The van der Waals surface area contributed by atoms with Gasteiger partial charge in [0.2, 0.25) is 0 Å². The van der Waals surface area contributed by atoms with Gasteiger partial charge in [-0.15, -0.1) is 0 Å². The fourth-order valence-corrected chi connectivity index (χ4v) is 3.35. The lowest BCUT2D eigenvalue weighted by molar-refractivity contribution is 0.0904. The highest BCUT2D eigenvalue weighted by Crippen LogP contribution is 2.35. The summed E-state index contributed by atoms with van der Waals surface area (Å²) in [4.78, 5) is 12.6. The maximum Gasteiger partial charge on any atom is 0.255 e. The maximum atomic E-state index is 12.6. The van der Waals surface area contributed by atoms with Crippen LogP contribution in [-0.4, -0.2) is 19.1 Å². The van der Waals surface area contributed by atoms with Crippen LogP contribution >= 0.6 is 0 Å². The van der Waals surface area contributed by atoms with Gasteiger partial charge in [-0.05, 0) is 37.3 Å². The van der Waals surface area contributed by atoms with Gasteiger partial charge >= 0.3 is 0 Å². The summed E-state index contributed by atoms with van der Waals surface area (Å²) >= 11 is 0. The second kappa shape index (κ2) is 7.64. The molecule has 0 aliphatic carbocycles. The van der Waals surface area contributed by atoms with Crippen LogP contribution in [-0.2, 0) is 5.66 Å². The summed E-state index contributed by atoms with van der Waals surface area (Å²) < 4.78 is 11.7. The molecule has 28 heavy (non-hydrogen) atoms. The van der Waals surface area contributed by atoms with Gasteiger partial charge in [0, 0.05) is 11.3 Å². The molecule has 1 aliphatic heterocycles. The van der Waals surface area contributed by atoms with E-state index < -0.39 is 5.66 Å². The number of carbonyl (C=O) groups is 1. The molecule has 0 fully saturated rings. The van der Waals surface area contributed by atoms with E-state index in [1.165, 1.54) is 0 Å². The summed E-state index contributed by atoms with van der Waals surface area (Å²) in [7, 11) is 0. The molecule has 1 aliphatic rings. The second-order valence-corrected chi connectivity index (χ2v) is 6.76. The molecule has 142 valence electrons. The molecular weight excluding hydrogens is 352 g/mol. The van der Waals surface area contributed by atoms with Crippen molar-refractivity contribution in [1.82, 2.24) is 5.32 Å². The largest absolute Gasteiger partial charge is 0.490 e. The standard InChI is InChI=1S/C23H22N2O3/c1-23(24-20-13-7-5-11-18(20)22(26)25-23)19-12-6-8-14-21(19)28-16-15-27-17-9-3-2-4-10-17/h2-14,24H,15-16H2,1H3,(H,25,26). The summed E-state index contributed by atoms with van der Waals surface area (Å²) in [5.74, 6) is 1.40. The van der Waals surface area contributed by atoms with Crippen LogP contribution in [0.15, 0.2) is 78.9 Å². The average Bonchev–Trinajstić information content (AvgIpc) is 2.72. The van der Waals surface area contributed by atoms with Gasteiger partial charge in [-0.25, -0.2) is 0 Å². The Labute approximate surface area is 164 Å². The number of nitrogens with one attached hydrogen (secondary N) is 2. The zero-order valence-electron chi connectivity index (χ0n) is 15.6. The van der Waals surface area contributed by atoms with Crippen molar-refractivity contribution < 1.29 is 14.3 Å². The molecule has 1 amide bonds. The number of fused-ring (bicyclic) bond motifs is 1. The van der Waals surface area contributed by atoms with Gasteiger partial charge in [0.05, 0.1) is 5.56 Å². The van der Waals surface area contributed by atoms with E-state index in [1.807, 2.05) is 79.7 Å². The van der Waals surface area contributed by atoms with Gasteiger partial charge in [0.15, 0.2) is 0 Å². The SMILES string of the molecule is CC1(c2ccccc2OCCOc2ccccc2)NC(=O)c2ccccc2N1. The predicted molar refractivity (Wildman–Crippen MR) is 109 cm³/mol. The molecule has 1 unspecified atom stereocenters. The lowest BCUT2D eigenvalue weighted by atomic mass is 9.95. The normalized spacial score (nSPS) is 17.8. The Hall–Kier alpha value is -3.47. The van der Waals surface area contributed by atoms with Gasteiger partial charge in [0.25, 0.3) is 5.91 Å². The molecular formula is C23H22N2O3. The number of carbonyl (C=O) groups excluding carboxylic acids is 1. The first kappa shape index (κ1) is 17.9. The predicted octanol–water partition coefficient (Wildman–Crippen LogP) is 4.17. The molecule has 5 heteroatoms. The van der Waals surface area contributed by atoms with Gasteiger partial charge in [-0.3, -0.25) is 4.79 Å². The Kier molecular flexibility index (Phi) is 4.89. The van der Waals surface area contributed by atoms with Crippen molar-refractivity contribution in [3.63, 3.8) is 0 Å². The summed E-state index contributed by atoms with van der Waals surface area (Å²) in [5, 5.41) is 6.49. The molecule has 3 aromatic rings. The molecule has 1 heterocycles. The van der Waals surface area contributed by atoms with E-state index in [-0.39, 0.29) is 5.91 Å². The lowest BCUT2D eigenvalue weighted by Crippen LogP contribution is -2.53. The Morgan fingerprint density at radius 1 is 0.786 bits per heavy atom. The Morgan fingerprint density at radius 2 is 1.46 bits per heavy atom. The van der Waals surface area contributed by atoms with Gasteiger partial charge in [-0.1, -0.05) is 48.5 Å². The molecule has 0 spiro atoms. The van der Waals surface area contributed by atoms with Gasteiger partial charge in [0.1, 0.15) is 30.4 Å². The first-order valence-electron chi connectivity index (χ1n) is 9.26. The number of rotatable bonds is 6. The van der Waals surface area contributed by atoms with Crippen molar-refractivity contribution in [3.8, 4) is 11.5 Å². The third-order valence-corrected chi connectivity index (χ3v) is 4.70. The highest BCUT2D eigenvalue weighted by atomic mass is 16.5. The van der Waals surface area contributed by atoms with Crippen molar-refractivity contribution in [2.75, 3.05) is 18.5 Å². The van der Waals surface area contributed by atoms with E-state index in [0.717, 1.165) is 17.0 Å². The zero-order valence-corrected chi connectivity index (χ0v) is 15.6. The first-order chi connectivity index (χ1) is 13.7. The summed E-state index contributed by atoms with van der Waals surface area (Å²) in [5.41, 5.74) is 1.52. The summed E-state index contributed by atoms with van der Waals surface area (Å²) in [6, 6.07) is 24.8. The first-order valence-corrected chi connectivity index (χ1v) is 9.26. The van der Waals surface area contributed by atoms with Crippen molar-refractivity contribution in [3.05, 3.63) is 90.0 Å². The van der Waals surface area contributed by atoms with E-state index in [1.54, 1.807) is 6.07 Å². The van der Waals surface area contributed by atoms with Crippen LogP contribution in [0.1, 0.15) is 22.8 Å². The number of hydrogen-bond acceptors (Lipinski definition) is 4. The molecule has 0 radical (unpaired) electrons. The maximum absolute atomic E-state index is 12.6. The molecule has 0 saturated heterocycles. The van der Waals surface area contributed by atoms with Crippen LogP contribution < -0.4 is 20.1 Å². The fraction of sp³-hybridized carbons (Fsp3) is 0.174. The van der Waals surface area contributed by atoms with Crippen LogP contribution in [0.2, 0.25) is 0 Å². The third-order valence-electron chi connectivity index (χ3n) is 4.70. The minimum absolute atomic E-state index is 0.112. The number of anilines is 1. The van der Waals surface area contributed by atoms with E-state index >= 15 is 0 Å². The third kappa shape index (κ3) is 3.64. The number of ether oxygens (including phenoxy) is 2. The smallest absolute Gasteiger partial charge is 0.255 e. The van der Waals surface area contributed by atoms with Crippen LogP contribution in [0.5, 0.6) is 11.5 Å². The van der Waals surface area contributed by atoms with Crippen molar-refractivity contribution in [2.45, 2.75) is 12.6 Å². The molecule has 2 N–H and O–H groups in total. The molecule has 1 atom stereocenters. The van der Waals surface area contributed by atoms with E-state index in [4.69, 9.17) is 9.47 Å². The van der Waals surface area contributed by atoms with Crippen LogP contribution in [0.25, 0.3) is 0 Å².